The topological polar surface area (TPSA) is 95.7 Å². The number of benzene rings is 1. The lowest BCUT2D eigenvalue weighted by molar-refractivity contribution is -0.145. The van der Waals surface area contributed by atoms with Crippen molar-refractivity contribution in [3.63, 3.8) is 0 Å². The SMILES string of the molecule is CC(=O)N(CC(=O)O)C1CCCN(C(=O)c2ccccc2Cn2cccn2)CC1. The van der Waals surface area contributed by atoms with Crippen molar-refractivity contribution in [2.45, 2.75) is 38.8 Å². The molecule has 29 heavy (non-hydrogen) atoms. The van der Waals surface area contributed by atoms with Crippen molar-refractivity contribution in [2.24, 2.45) is 0 Å². The van der Waals surface area contributed by atoms with E-state index in [1.165, 1.54) is 11.8 Å². The van der Waals surface area contributed by atoms with Gasteiger partial charge in [-0.2, -0.15) is 5.10 Å². The number of hydrogen-bond donors (Lipinski definition) is 1. The van der Waals surface area contributed by atoms with E-state index >= 15 is 0 Å². The van der Waals surface area contributed by atoms with Gasteiger partial charge in [0.15, 0.2) is 0 Å². The van der Waals surface area contributed by atoms with Crippen LogP contribution >= 0.6 is 0 Å². The summed E-state index contributed by atoms with van der Waals surface area (Å²) in [7, 11) is 0. The molecule has 1 aliphatic heterocycles. The fourth-order valence-corrected chi connectivity index (χ4v) is 3.84. The molecule has 2 amide bonds. The molecular formula is C21H26N4O4. The average Bonchev–Trinajstić information content (AvgIpc) is 3.08. The maximum absolute atomic E-state index is 13.2. The first-order valence-electron chi connectivity index (χ1n) is 9.79. The molecule has 0 saturated carbocycles. The third-order valence-corrected chi connectivity index (χ3v) is 5.27. The molecule has 8 heteroatoms. The number of rotatable bonds is 6. The fraction of sp³-hybridized carbons (Fsp3) is 0.429. The number of carboxylic acids is 1. The molecule has 1 aliphatic rings. The summed E-state index contributed by atoms with van der Waals surface area (Å²) in [6.45, 7) is 2.68. The molecule has 1 aromatic carbocycles. The lowest BCUT2D eigenvalue weighted by Crippen LogP contribution is -2.43. The third kappa shape index (κ3) is 5.22. The Morgan fingerprint density at radius 1 is 1.17 bits per heavy atom. The lowest BCUT2D eigenvalue weighted by Gasteiger charge is -2.29. The number of hydrogen-bond acceptors (Lipinski definition) is 4. The van der Waals surface area contributed by atoms with Crippen LogP contribution < -0.4 is 0 Å². The van der Waals surface area contributed by atoms with E-state index in [9.17, 15) is 14.4 Å². The zero-order valence-corrected chi connectivity index (χ0v) is 16.5. The van der Waals surface area contributed by atoms with Crippen LogP contribution in [0.2, 0.25) is 0 Å². The molecule has 1 fully saturated rings. The number of likely N-dealkylation sites (tertiary alicyclic amines) is 1. The standard InChI is InChI=1S/C21H26N4O4/c1-16(26)25(15-20(27)28)18-7-4-11-23(13-9-18)21(29)19-8-3-2-6-17(19)14-24-12-5-10-22-24/h2-3,5-6,8,10,12,18H,4,7,9,11,13-15H2,1H3,(H,27,28). The highest BCUT2D eigenvalue weighted by molar-refractivity contribution is 5.95. The summed E-state index contributed by atoms with van der Waals surface area (Å²) >= 11 is 0. The van der Waals surface area contributed by atoms with Crippen molar-refractivity contribution in [2.75, 3.05) is 19.6 Å². The molecule has 154 valence electrons. The Hall–Kier alpha value is -3.16. The minimum Gasteiger partial charge on any atom is -0.480 e. The highest BCUT2D eigenvalue weighted by atomic mass is 16.4. The van der Waals surface area contributed by atoms with Crippen molar-refractivity contribution in [1.29, 1.82) is 0 Å². The van der Waals surface area contributed by atoms with Gasteiger partial charge in [-0.05, 0) is 37.0 Å². The summed E-state index contributed by atoms with van der Waals surface area (Å²) in [5.41, 5.74) is 1.55. The molecule has 1 N–H and O–H groups in total. The number of amides is 2. The molecule has 0 spiro atoms. The maximum atomic E-state index is 13.2. The summed E-state index contributed by atoms with van der Waals surface area (Å²) in [4.78, 5) is 39.4. The molecule has 2 heterocycles. The number of aromatic nitrogens is 2. The number of carbonyl (C=O) groups excluding carboxylic acids is 2. The molecule has 0 radical (unpaired) electrons. The highest BCUT2D eigenvalue weighted by Gasteiger charge is 2.28. The summed E-state index contributed by atoms with van der Waals surface area (Å²) < 4.78 is 1.78. The summed E-state index contributed by atoms with van der Waals surface area (Å²) in [6, 6.07) is 9.20. The van der Waals surface area contributed by atoms with E-state index in [-0.39, 0.29) is 24.4 Å². The van der Waals surface area contributed by atoms with Crippen molar-refractivity contribution < 1.29 is 19.5 Å². The molecule has 2 aromatic rings. The monoisotopic (exact) mass is 398 g/mol. The summed E-state index contributed by atoms with van der Waals surface area (Å²) in [6.07, 6.45) is 5.54. The Balaban J connectivity index is 1.71. The van der Waals surface area contributed by atoms with Crippen molar-refractivity contribution in [1.82, 2.24) is 19.6 Å². The molecule has 1 aromatic heterocycles. The van der Waals surface area contributed by atoms with Crippen LogP contribution in [0, 0.1) is 0 Å². The quantitative estimate of drug-likeness (QED) is 0.801. The smallest absolute Gasteiger partial charge is 0.323 e. The van der Waals surface area contributed by atoms with Gasteiger partial charge in [-0.3, -0.25) is 19.1 Å². The van der Waals surface area contributed by atoms with Gasteiger partial charge in [0, 0.05) is 44.0 Å². The van der Waals surface area contributed by atoms with Crippen LogP contribution in [0.4, 0.5) is 0 Å². The van der Waals surface area contributed by atoms with E-state index in [0.717, 1.165) is 12.0 Å². The second kappa shape index (κ2) is 9.36. The zero-order valence-electron chi connectivity index (χ0n) is 16.5. The van der Waals surface area contributed by atoms with Gasteiger partial charge in [0.05, 0.1) is 6.54 Å². The Kier molecular flexibility index (Phi) is 6.64. The van der Waals surface area contributed by atoms with E-state index < -0.39 is 5.97 Å². The minimum absolute atomic E-state index is 0.0407. The van der Waals surface area contributed by atoms with Gasteiger partial charge in [-0.15, -0.1) is 0 Å². The van der Waals surface area contributed by atoms with Crippen LogP contribution in [0.15, 0.2) is 42.7 Å². The fourth-order valence-electron chi connectivity index (χ4n) is 3.84. The third-order valence-electron chi connectivity index (χ3n) is 5.27. The van der Waals surface area contributed by atoms with E-state index in [4.69, 9.17) is 5.11 Å². The second-order valence-corrected chi connectivity index (χ2v) is 7.28. The predicted octanol–water partition coefficient (Wildman–Crippen LogP) is 1.86. The molecule has 0 bridgehead atoms. The van der Waals surface area contributed by atoms with Crippen LogP contribution in [0.25, 0.3) is 0 Å². The summed E-state index contributed by atoms with van der Waals surface area (Å²) in [5.74, 6) is -1.31. The first-order valence-corrected chi connectivity index (χ1v) is 9.79. The Morgan fingerprint density at radius 2 is 1.97 bits per heavy atom. The second-order valence-electron chi connectivity index (χ2n) is 7.28. The number of carbonyl (C=O) groups is 3. The Morgan fingerprint density at radius 3 is 2.66 bits per heavy atom. The molecule has 8 nitrogen and oxygen atoms in total. The van der Waals surface area contributed by atoms with Crippen molar-refractivity contribution in [3.05, 3.63) is 53.9 Å². The number of carboxylic acid groups (broad SMARTS) is 1. The molecule has 1 unspecified atom stereocenters. The van der Waals surface area contributed by atoms with Gasteiger partial charge in [0.2, 0.25) is 5.91 Å². The van der Waals surface area contributed by atoms with Crippen LogP contribution in [0.5, 0.6) is 0 Å². The van der Waals surface area contributed by atoms with Crippen LogP contribution in [-0.4, -0.2) is 68.1 Å². The molecule has 0 aliphatic carbocycles. The maximum Gasteiger partial charge on any atom is 0.323 e. The van der Waals surface area contributed by atoms with Crippen LogP contribution in [-0.2, 0) is 16.1 Å². The van der Waals surface area contributed by atoms with Crippen LogP contribution in [0.1, 0.15) is 42.1 Å². The van der Waals surface area contributed by atoms with Crippen LogP contribution in [0.3, 0.4) is 0 Å². The predicted molar refractivity (Wildman–Crippen MR) is 106 cm³/mol. The highest BCUT2D eigenvalue weighted by Crippen LogP contribution is 2.20. The van der Waals surface area contributed by atoms with Gasteiger partial charge in [0.25, 0.3) is 5.91 Å². The van der Waals surface area contributed by atoms with E-state index in [1.807, 2.05) is 36.5 Å². The first-order chi connectivity index (χ1) is 14.0. The van der Waals surface area contributed by atoms with Gasteiger partial charge in [-0.25, -0.2) is 0 Å². The van der Waals surface area contributed by atoms with Gasteiger partial charge >= 0.3 is 5.97 Å². The Bertz CT molecular complexity index is 865. The largest absolute Gasteiger partial charge is 0.480 e. The number of nitrogens with zero attached hydrogens (tertiary/aromatic N) is 4. The Labute approximate surface area is 169 Å². The van der Waals surface area contributed by atoms with E-state index in [2.05, 4.69) is 5.10 Å². The lowest BCUT2D eigenvalue weighted by atomic mass is 10.1. The van der Waals surface area contributed by atoms with E-state index in [0.29, 0.717) is 38.0 Å². The van der Waals surface area contributed by atoms with E-state index in [1.54, 1.807) is 15.8 Å². The average molecular weight is 398 g/mol. The first kappa shape index (κ1) is 20.6. The molecular weight excluding hydrogens is 372 g/mol. The normalized spacial score (nSPS) is 16.9. The van der Waals surface area contributed by atoms with Crippen molar-refractivity contribution in [3.8, 4) is 0 Å². The van der Waals surface area contributed by atoms with Gasteiger partial charge in [0.1, 0.15) is 6.54 Å². The van der Waals surface area contributed by atoms with Gasteiger partial charge < -0.3 is 14.9 Å². The summed E-state index contributed by atoms with van der Waals surface area (Å²) in [5, 5.41) is 13.3. The molecule has 1 saturated heterocycles. The minimum atomic E-state index is -1.02. The molecule has 3 rings (SSSR count). The van der Waals surface area contributed by atoms with Crippen molar-refractivity contribution >= 4 is 17.8 Å². The number of aliphatic carboxylic acids is 1. The molecule has 1 atom stereocenters. The zero-order chi connectivity index (χ0) is 20.8. The van der Waals surface area contributed by atoms with Gasteiger partial charge in [-0.1, -0.05) is 18.2 Å².